The number of hydrogen-bond donors (Lipinski definition) is 1. The van der Waals surface area contributed by atoms with E-state index in [0.29, 0.717) is 0 Å². The van der Waals surface area contributed by atoms with Crippen LogP contribution in [0, 0.1) is 5.92 Å². The maximum Gasteiger partial charge on any atom is 0.312 e. The lowest BCUT2D eigenvalue weighted by Crippen LogP contribution is -2.32. The highest BCUT2D eigenvalue weighted by Crippen LogP contribution is 2.40. The number of rotatable bonds is 2. The Labute approximate surface area is 98.9 Å². The number of aliphatic carboxylic acids is 1. The molecule has 4 heteroatoms. The van der Waals surface area contributed by atoms with Crippen LogP contribution in [-0.4, -0.2) is 23.5 Å². The molecule has 1 fully saturated rings. The van der Waals surface area contributed by atoms with Crippen molar-refractivity contribution in [2.24, 2.45) is 5.92 Å². The summed E-state index contributed by atoms with van der Waals surface area (Å²) in [6.07, 6.45) is 1.88. The van der Waals surface area contributed by atoms with E-state index in [1.807, 2.05) is 18.2 Å². The highest BCUT2D eigenvalue weighted by Gasteiger charge is 2.41. The van der Waals surface area contributed by atoms with E-state index < -0.39 is 11.9 Å². The molecule has 3 rings (SSSR count). The van der Waals surface area contributed by atoms with E-state index in [-0.39, 0.29) is 18.4 Å². The van der Waals surface area contributed by atoms with Crippen molar-refractivity contribution in [2.45, 2.75) is 18.8 Å². The third-order valence-electron chi connectivity index (χ3n) is 3.46. The number of fused-ring (bicyclic) bond motifs is 1. The first-order valence-electron chi connectivity index (χ1n) is 5.81. The van der Waals surface area contributed by atoms with Crippen LogP contribution in [0.2, 0.25) is 0 Å². The Morgan fingerprint density at radius 2 is 1.94 bits per heavy atom. The SMILES string of the molecule is O=C(O)C1CN(C(=O)C2CC2)c2ccccc21. The highest BCUT2D eigenvalue weighted by molar-refractivity contribution is 6.01. The van der Waals surface area contributed by atoms with Gasteiger partial charge in [-0.1, -0.05) is 18.2 Å². The Morgan fingerprint density at radius 1 is 1.24 bits per heavy atom. The summed E-state index contributed by atoms with van der Waals surface area (Å²) in [4.78, 5) is 24.9. The summed E-state index contributed by atoms with van der Waals surface area (Å²) < 4.78 is 0. The van der Waals surface area contributed by atoms with Crippen molar-refractivity contribution in [2.75, 3.05) is 11.4 Å². The van der Waals surface area contributed by atoms with Gasteiger partial charge in [0, 0.05) is 18.2 Å². The monoisotopic (exact) mass is 231 g/mol. The lowest BCUT2D eigenvalue weighted by atomic mass is 10.0. The predicted octanol–water partition coefficient (Wildman–Crippen LogP) is 1.61. The van der Waals surface area contributed by atoms with Crippen molar-refractivity contribution in [3.63, 3.8) is 0 Å². The number of anilines is 1. The normalized spacial score (nSPS) is 22.4. The van der Waals surface area contributed by atoms with Gasteiger partial charge in [-0.3, -0.25) is 9.59 Å². The Morgan fingerprint density at radius 3 is 2.59 bits per heavy atom. The molecule has 1 aliphatic carbocycles. The van der Waals surface area contributed by atoms with Crippen LogP contribution in [0.1, 0.15) is 24.3 Å². The standard InChI is InChI=1S/C13H13NO3/c15-12(8-5-6-8)14-7-10(13(16)17)9-3-1-2-4-11(9)14/h1-4,8,10H,5-7H2,(H,16,17). The highest BCUT2D eigenvalue weighted by atomic mass is 16.4. The molecular weight excluding hydrogens is 218 g/mol. The van der Waals surface area contributed by atoms with E-state index in [4.69, 9.17) is 0 Å². The fourth-order valence-corrected chi connectivity index (χ4v) is 2.38. The summed E-state index contributed by atoms with van der Waals surface area (Å²) in [6, 6.07) is 7.29. The quantitative estimate of drug-likeness (QED) is 0.841. The molecule has 1 N–H and O–H groups in total. The van der Waals surface area contributed by atoms with E-state index >= 15 is 0 Å². The van der Waals surface area contributed by atoms with Crippen molar-refractivity contribution in [3.05, 3.63) is 29.8 Å². The van der Waals surface area contributed by atoms with E-state index in [1.165, 1.54) is 0 Å². The van der Waals surface area contributed by atoms with Gasteiger partial charge in [0.25, 0.3) is 0 Å². The lowest BCUT2D eigenvalue weighted by Gasteiger charge is -2.16. The first-order chi connectivity index (χ1) is 8.18. The molecule has 0 aromatic heterocycles. The molecule has 88 valence electrons. The predicted molar refractivity (Wildman–Crippen MR) is 61.9 cm³/mol. The molecule has 1 amide bonds. The van der Waals surface area contributed by atoms with E-state index in [1.54, 1.807) is 11.0 Å². The van der Waals surface area contributed by atoms with Gasteiger partial charge in [0.1, 0.15) is 5.92 Å². The van der Waals surface area contributed by atoms with E-state index in [2.05, 4.69) is 0 Å². The zero-order valence-electron chi connectivity index (χ0n) is 9.30. The Bertz CT molecular complexity index is 493. The molecule has 1 unspecified atom stereocenters. The number of hydrogen-bond acceptors (Lipinski definition) is 2. The molecule has 0 radical (unpaired) electrons. The number of para-hydroxylation sites is 1. The number of carboxylic acids is 1. The summed E-state index contributed by atoms with van der Waals surface area (Å²) in [5, 5.41) is 9.18. The molecule has 1 aliphatic heterocycles. The molecule has 2 aliphatic rings. The average Bonchev–Trinajstić information content (AvgIpc) is 3.08. The van der Waals surface area contributed by atoms with Crippen molar-refractivity contribution in [3.8, 4) is 0 Å². The smallest absolute Gasteiger partial charge is 0.312 e. The van der Waals surface area contributed by atoms with Gasteiger partial charge in [-0.25, -0.2) is 0 Å². The molecule has 1 aromatic rings. The van der Waals surface area contributed by atoms with Crippen molar-refractivity contribution in [1.29, 1.82) is 0 Å². The topological polar surface area (TPSA) is 57.6 Å². The molecule has 4 nitrogen and oxygen atoms in total. The van der Waals surface area contributed by atoms with Crippen molar-refractivity contribution in [1.82, 2.24) is 0 Å². The van der Waals surface area contributed by atoms with Crippen LogP contribution in [0.4, 0.5) is 5.69 Å². The Kier molecular flexibility index (Phi) is 2.18. The zero-order valence-corrected chi connectivity index (χ0v) is 9.30. The van der Waals surface area contributed by atoms with Gasteiger partial charge < -0.3 is 10.0 Å². The maximum absolute atomic E-state index is 12.1. The molecule has 1 aromatic carbocycles. The third-order valence-corrected chi connectivity index (χ3v) is 3.46. The molecule has 0 spiro atoms. The molecule has 1 atom stereocenters. The lowest BCUT2D eigenvalue weighted by molar-refractivity contribution is -0.138. The van der Waals surface area contributed by atoms with E-state index in [9.17, 15) is 14.7 Å². The largest absolute Gasteiger partial charge is 0.481 e. The molecule has 0 saturated heterocycles. The molecule has 0 bridgehead atoms. The van der Waals surface area contributed by atoms with Gasteiger partial charge in [0.2, 0.25) is 5.91 Å². The molecule has 17 heavy (non-hydrogen) atoms. The fourth-order valence-electron chi connectivity index (χ4n) is 2.38. The van der Waals surface area contributed by atoms with Crippen molar-refractivity contribution < 1.29 is 14.7 Å². The number of amides is 1. The van der Waals surface area contributed by atoms with Gasteiger partial charge in [0.15, 0.2) is 0 Å². The second-order valence-corrected chi connectivity index (χ2v) is 4.67. The van der Waals surface area contributed by atoms with Crippen LogP contribution in [0.25, 0.3) is 0 Å². The summed E-state index contributed by atoms with van der Waals surface area (Å²) >= 11 is 0. The number of carboxylic acid groups (broad SMARTS) is 1. The second-order valence-electron chi connectivity index (χ2n) is 4.67. The third kappa shape index (κ3) is 1.60. The molecule has 1 saturated carbocycles. The number of nitrogens with zero attached hydrogens (tertiary/aromatic N) is 1. The van der Waals surface area contributed by atoms with Gasteiger partial charge in [0.05, 0.1) is 0 Å². The first-order valence-corrected chi connectivity index (χ1v) is 5.81. The number of carbonyl (C=O) groups excluding carboxylic acids is 1. The van der Waals surface area contributed by atoms with Gasteiger partial charge in [-0.05, 0) is 24.5 Å². The summed E-state index contributed by atoms with van der Waals surface area (Å²) in [6.45, 7) is 0.282. The van der Waals surface area contributed by atoms with Gasteiger partial charge in [-0.15, -0.1) is 0 Å². The summed E-state index contributed by atoms with van der Waals surface area (Å²) in [7, 11) is 0. The van der Waals surface area contributed by atoms with Crippen molar-refractivity contribution >= 4 is 17.6 Å². The van der Waals surface area contributed by atoms with Crippen LogP contribution in [0.5, 0.6) is 0 Å². The van der Waals surface area contributed by atoms with Crippen LogP contribution in [-0.2, 0) is 9.59 Å². The van der Waals surface area contributed by atoms with Gasteiger partial charge in [-0.2, -0.15) is 0 Å². The van der Waals surface area contributed by atoms with Crippen LogP contribution < -0.4 is 4.90 Å². The summed E-state index contributed by atoms with van der Waals surface area (Å²) in [5.41, 5.74) is 1.53. The molecular formula is C13H13NO3. The van der Waals surface area contributed by atoms with Gasteiger partial charge >= 0.3 is 5.97 Å². The second kappa shape index (κ2) is 3.58. The fraction of sp³-hybridized carbons (Fsp3) is 0.385. The molecule has 1 heterocycles. The Balaban J connectivity index is 1.98. The Hall–Kier alpha value is -1.84. The minimum atomic E-state index is -0.858. The maximum atomic E-state index is 12.1. The number of benzene rings is 1. The van der Waals surface area contributed by atoms with Crippen LogP contribution >= 0.6 is 0 Å². The summed E-state index contributed by atoms with van der Waals surface area (Å²) in [5.74, 6) is -1.23. The van der Waals surface area contributed by atoms with Crippen LogP contribution in [0.15, 0.2) is 24.3 Å². The average molecular weight is 231 g/mol. The minimum absolute atomic E-state index is 0.0844. The van der Waals surface area contributed by atoms with E-state index in [0.717, 1.165) is 24.1 Å². The number of carbonyl (C=O) groups is 2. The van der Waals surface area contributed by atoms with Crippen LogP contribution in [0.3, 0.4) is 0 Å². The zero-order chi connectivity index (χ0) is 12.0. The first kappa shape index (κ1) is 10.3. The minimum Gasteiger partial charge on any atom is -0.481 e.